The van der Waals surface area contributed by atoms with E-state index in [-0.39, 0.29) is 22.9 Å². The molecule has 0 aromatic heterocycles. The molecule has 0 radical (unpaired) electrons. The molecule has 1 saturated carbocycles. The van der Waals surface area contributed by atoms with Crippen LogP contribution in [0.25, 0.3) is 0 Å². The molecule has 2 rings (SSSR count). The summed E-state index contributed by atoms with van der Waals surface area (Å²) in [6.45, 7) is 16.8. The lowest BCUT2D eigenvalue weighted by Crippen LogP contribution is -2.41. The molecule has 136 valence electrons. The van der Waals surface area contributed by atoms with Crippen LogP contribution in [0.1, 0.15) is 48.0 Å². The molecule has 1 saturated heterocycles. The minimum absolute atomic E-state index is 0.0218. The van der Waals surface area contributed by atoms with Crippen molar-refractivity contribution < 1.29 is 18.8 Å². The number of imide groups is 1. The van der Waals surface area contributed by atoms with Crippen molar-refractivity contribution in [1.29, 1.82) is 0 Å². The Balaban J connectivity index is 2.02. The van der Waals surface area contributed by atoms with E-state index in [1.807, 2.05) is 6.08 Å². The molecule has 0 aromatic carbocycles. The summed E-state index contributed by atoms with van der Waals surface area (Å²) in [5.74, 6) is -0.0580. The smallest absolute Gasteiger partial charge is 0.417 e. The molecule has 1 heterocycles. The van der Waals surface area contributed by atoms with E-state index in [2.05, 4.69) is 33.9 Å². The van der Waals surface area contributed by atoms with E-state index in [9.17, 15) is 9.59 Å². The van der Waals surface area contributed by atoms with Crippen LogP contribution in [0.4, 0.5) is 4.79 Å². The fourth-order valence-electron chi connectivity index (χ4n) is 2.57. The van der Waals surface area contributed by atoms with Crippen molar-refractivity contribution in [2.75, 3.05) is 6.61 Å². The SMILES string of the molecule is CC(C)(C)OC(=O)N1C(=O)/C(=C\CO[Si](C)(C)C(C)(C)C)C2CC21. The van der Waals surface area contributed by atoms with Crippen LogP contribution in [-0.4, -0.2) is 43.5 Å². The monoisotopic (exact) mass is 353 g/mol. The molecule has 5 nitrogen and oxygen atoms in total. The zero-order chi connectivity index (χ0) is 18.5. The van der Waals surface area contributed by atoms with Crippen LogP contribution in [0.3, 0.4) is 0 Å². The van der Waals surface area contributed by atoms with E-state index in [1.165, 1.54) is 4.90 Å². The van der Waals surface area contributed by atoms with E-state index in [4.69, 9.17) is 9.16 Å². The minimum Gasteiger partial charge on any atom is -0.443 e. The van der Waals surface area contributed by atoms with Crippen LogP contribution in [0.2, 0.25) is 18.1 Å². The van der Waals surface area contributed by atoms with E-state index in [1.54, 1.807) is 20.8 Å². The molecule has 2 fully saturated rings. The van der Waals surface area contributed by atoms with Crippen LogP contribution in [0.15, 0.2) is 11.6 Å². The zero-order valence-electron chi connectivity index (χ0n) is 16.2. The van der Waals surface area contributed by atoms with Gasteiger partial charge in [0, 0.05) is 11.5 Å². The Morgan fingerprint density at radius 3 is 2.33 bits per heavy atom. The Morgan fingerprint density at radius 2 is 1.83 bits per heavy atom. The number of rotatable bonds is 3. The van der Waals surface area contributed by atoms with Crippen LogP contribution in [0, 0.1) is 5.92 Å². The number of carbonyl (C=O) groups excluding carboxylic acids is 2. The van der Waals surface area contributed by atoms with Gasteiger partial charge in [0.2, 0.25) is 0 Å². The quantitative estimate of drug-likeness (QED) is 0.566. The Kier molecular flexibility index (Phi) is 4.78. The van der Waals surface area contributed by atoms with Crippen molar-refractivity contribution in [3.63, 3.8) is 0 Å². The Bertz CT molecular complexity index is 569. The molecule has 24 heavy (non-hydrogen) atoms. The predicted octanol–water partition coefficient (Wildman–Crippen LogP) is 4.10. The normalized spacial score (nSPS) is 25.9. The fourth-order valence-corrected chi connectivity index (χ4v) is 3.51. The van der Waals surface area contributed by atoms with Gasteiger partial charge in [-0.05, 0) is 45.3 Å². The molecule has 2 aliphatic rings. The van der Waals surface area contributed by atoms with Crippen molar-refractivity contribution in [2.24, 2.45) is 5.92 Å². The number of piperidine rings is 1. The maximum absolute atomic E-state index is 12.5. The predicted molar refractivity (Wildman–Crippen MR) is 96.2 cm³/mol. The van der Waals surface area contributed by atoms with Gasteiger partial charge in [-0.3, -0.25) is 4.79 Å². The minimum atomic E-state index is -1.84. The lowest BCUT2D eigenvalue weighted by Gasteiger charge is -2.35. The standard InChI is InChI=1S/C18H31NO4Si/c1-17(2,3)23-16(21)19-14-11-13(14)12(15(19)20)9-10-22-24(7,8)18(4,5)6/h9,13-14H,10-11H2,1-8H3/b12-9-. The average Bonchev–Trinajstić information content (AvgIpc) is 3.05. The Hall–Kier alpha value is -1.14. The third-order valence-corrected chi connectivity index (χ3v) is 9.60. The van der Waals surface area contributed by atoms with Crippen molar-refractivity contribution in [1.82, 2.24) is 4.90 Å². The highest BCUT2D eigenvalue weighted by atomic mass is 28.4. The summed E-state index contributed by atoms with van der Waals surface area (Å²) in [5.41, 5.74) is 0.115. The number of fused-ring (bicyclic) bond motifs is 1. The number of carbonyl (C=O) groups is 2. The second-order valence-corrected chi connectivity index (χ2v) is 14.1. The average molecular weight is 354 g/mol. The van der Waals surface area contributed by atoms with Gasteiger partial charge in [-0.15, -0.1) is 0 Å². The van der Waals surface area contributed by atoms with E-state index in [0.717, 1.165) is 6.42 Å². The number of hydrogen-bond acceptors (Lipinski definition) is 4. The molecule has 0 bridgehead atoms. The van der Waals surface area contributed by atoms with Crippen molar-refractivity contribution in [2.45, 2.75) is 77.7 Å². The summed E-state index contributed by atoms with van der Waals surface area (Å²) < 4.78 is 11.5. The topological polar surface area (TPSA) is 55.8 Å². The molecule has 1 aliphatic heterocycles. The summed E-state index contributed by atoms with van der Waals surface area (Å²) in [6, 6.07) is -0.0218. The fraction of sp³-hybridized carbons (Fsp3) is 0.778. The summed E-state index contributed by atoms with van der Waals surface area (Å²) >= 11 is 0. The van der Waals surface area contributed by atoms with Gasteiger partial charge in [0.15, 0.2) is 8.32 Å². The molecular weight excluding hydrogens is 322 g/mol. The first-order chi connectivity index (χ1) is 10.7. The highest BCUT2D eigenvalue weighted by molar-refractivity contribution is 6.74. The number of amides is 2. The van der Waals surface area contributed by atoms with Gasteiger partial charge in [-0.1, -0.05) is 26.8 Å². The van der Waals surface area contributed by atoms with E-state index >= 15 is 0 Å². The summed E-state index contributed by atoms with van der Waals surface area (Å²) in [5, 5.41) is 0.135. The molecule has 2 amide bonds. The third-order valence-electron chi connectivity index (χ3n) is 5.10. The Labute approximate surface area is 146 Å². The van der Waals surface area contributed by atoms with Crippen LogP contribution in [0.5, 0.6) is 0 Å². The van der Waals surface area contributed by atoms with Crippen LogP contribution in [-0.2, 0) is 14.0 Å². The summed E-state index contributed by atoms with van der Waals surface area (Å²) in [4.78, 5) is 26.1. The van der Waals surface area contributed by atoms with Gasteiger partial charge >= 0.3 is 6.09 Å². The second-order valence-electron chi connectivity index (χ2n) is 9.30. The number of likely N-dealkylation sites (tertiary alicyclic amines) is 1. The highest BCUT2D eigenvalue weighted by Crippen LogP contribution is 2.49. The van der Waals surface area contributed by atoms with E-state index < -0.39 is 20.0 Å². The van der Waals surface area contributed by atoms with Gasteiger partial charge in [0.1, 0.15) is 5.60 Å². The van der Waals surface area contributed by atoms with Crippen molar-refractivity contribution in [3.8, 4) is 0 Å². The zero-order valence-corrected chi connectivity index (χ0v) is 17.2. The van der Waals surface area contributed by atoms with Gasteiger partial charge in [0.05, 0.1) is 12.6 Å². The first-order valence-corrected chi connectivity index (χ1v) is 11.6. The highest BCUT2D eigenvalue weighted by Gasteiger charge is 2.58. The molecule has 2 atom stereocenters. The first-order valence-electron chi connectivity index (χ1n) is 8.65. The molecule has 6 heteroatoms. The molecule has 1 aliphatic carbocycles. The maximum Gasteiger partial charge on any atom is 0.417 e. The van der Waals surface area contributed by atoms with Gasteiger partial charge in [-0.25, -0.2) is 9.69 Å². The number of ether oxygens (including phenoxy) is 1. The van der Waals surface area contributed by atoms with Crippen LogP contribution < -0.4 is 0 Å². The molecule has 2 unspecified atom stereocenters. The lowest BCUT2D eigenvalue weighted by atomic mass is 10.2. The van der Waals surface area contributed by atoms with Gasteiger partial charge in [0.25, 0.3) is 5.91 Å². The van der Waals surface area contributed by atoms with Gasteiger partial charge < -0.3 is 9.16 Å². The Morgan fingerprint density at radius 1 is 1.25 bits per heavy atom. The van der Waals surface area contributed by atoms with Gasteiger partial charge in [-0.2, -0.15) is 0 Å². The molecule has 0 N–H and O–H groups in total. The van der Waals surface area contributed by atoms with Crippen LogP contribution >= 0.6 is 0 Å². The van der Waals surface area contributed by atoms with Crippen molar-refractivity contribution >= 4 is 20.3 Å². The number of nitrogens with zero attached hydrogens (tertiary/aromatic N) is 1. The largest absolute Gasteiger partial charge is 0.443 e. The first kappa shape index (κ1) is 19.2. The maximum atomic E-state index is 12.5. The summed E-state index contributed by atoms with van der Waals surface area (Å²) in [6.07, 6.45) is 2.18. The van der Waals surface area contributed by atoms with Crippen molar-refractivity contribution in [3.05, 3.63) is 11.6 Å². The number of hydrogen-bond donors (Lipinski definition) is 0. The molecular formula is C18H31NO4Si. The second kappa shape index (κ2) is 5.99. The molecule has 0 aromatic rings. The lowest BCUT2D eigenvalue weighted by molar-refractivity contribution is -0.125. The molecule has 0 spiro atoms. The van der Waals surface area contributed by atoms with E-state index in [0.29, 0.717) is 12.2 Å². The third kappa shape index (κ3) is 3.91. The summed E-state index contributed by atoms with van der Waals surface area (Å²) in [7, 11) is -1.84.